The molecule has 7 heteroatoms. The van der Waals surface area contributed by atoms with Crippen molar-refractivity contribution < 1.29 is 18.8 Å². The van der Waals surface area contributed by atoms with Gasteiger partial charge in [0.25, 0.3) is 5.91 Å². The molecule has 3 aromatic rings. The van der Waals surface area contributed by atoms with Gasteiger partial charge in [-0.1, -0.05) is 47.6 Å². The van der Waals surface area contributed by atoms with E-state index in [0.717, 1.165) is 29.2 Å². The number of aromatic nitrogens is 1. The van der Waals surface area contributed by atoms with Gasteiger partial charge in [0.1, 0.15) is 6.10 Å². The molecule has 0 radical (unpaired) electrons. The molecule has 2 unspecified atom stereocenters. The molecule has 0 saturated carbocycles. The highest BCUT2D eigenvalue weighted by atomic mass is 32.2. The van der Waals surface area contributed by atoms with Crippen LogP contribution in [-0.2, 0) is 15.2 Å². The second-order valence-electron chi connectivity index (χ2n) is 7.52. The summed E-state index contributed by atoms with van der Waals surface area (Å²) in [6.07, 6.45) is 0.531. The first kappa shape index (κ1) is 21.6. The number of benzene rings is 2. The predicted octanol–water partition coefficient (Wildman–Crippen LogP) is 4.47. The number of rotatable bonds is 9. The van der Waals surface area contributed by atoms with E-state index in [9.17, 15) is 4.79 Å². The van der Waals surface area contributed by atoms with Gasteiger partial charge in [0, 0.05) is 42.9 Å². The molecule has 1 aliphatic heterocycles. The maximum atomic E-state index is 12.4. The molecule has 0 spiro atoms. The summed E-state index contributed by atoms with van der Waals surface area (Å²) in [5.74, 6) is 1.50. The molecule has 1 aliphatic rings. The molecule has 4 rings (SSSR count). The van der Waals surface area contributed by atoms with Crippen molar-refractivity contribution in [3.8, 4) is 0 Å². The lowest BCUT2D eigenvalue weighted by Crippen LogP contribution is -2.29. The molecule has 2 aromatic carbocycles. The highest BCUT2D eigenvalue weighted by Crippen LogP contribution is 2.30. The van der Waals surface area contributed by atoms with E-state index in [1.54, 1.807) is 24.9 Å². The number of amides is 1. The minimum atomic E-state index is -0.436. The lowest BCUT2D eigenvalue weighted by molar-refractivity contribution is 0.0932. The third-order valence-electron chi connectivity index (χ3n) is 5.24. The summed E-state index contributed by atoms with van der Waals surface area (Å²) in [5, 5.41) is 6.86. The monoisotopic (exact) mass is 438 g/mol. The van der Waals surface area contributed by atoms with Crippen LogP contribution in [0.1, 0.15) is 39.9 Å². The van der Waals surface area contributed by atoms with Crippen molar-refractivity contribution in [2.24, 2.45) is 5.92 Å². The Morgan fingerprint density at radius 2 is 2.10 bits per heavy atom. The van der Waals surface area contributed by atoms with Crippen LogP contribution >= 0.6 is 11.8 Å². The Kier molecular flexibility index (Phi) is 7.40. The summed E-state index contributed by atoms with van der Waals surface area (Å²) in [5.41, 5.74) is 2.48. The van der Waals surface area contributed by atoms with E-state index in [2.05, 4.69) is 34.7 Å². The molecule has 0 aliphatic carbocycles. The molecule has 1 amide bonds. The van der Waals surface area contributed by atoms with Gasteiger partial charge in [0.15, 0.2) is 11.5 Å². The largest absolute Gasteiger partial charge is 0.381 e. The quantitative estimate of drug-likeness (QED) is 0.497. The van der Waals surface area contributed by atoms with Gasteiger partial charge in [-0.2, -0.15) is 0 Å². The second kappa shape index (κ2) is 10.6. The molecule has 6 nitrogen and oxygen atoms in total. The fourth-order valence-corrected chi connectivity index (χ4v) is 4.44. The maximum Gasteiger partial charge on any atom is 0.273 e. The molecule has 1 fully saturated rings. The summed E-state index contributed by atoms with van der Waals surface area (Å²) in [4.78, 5) is 13.6. The lowest BCUT2D eigenvalue weighted by atomic mass is 10.1. The lowest BCUT2D eigenvalue weighted by Gasteiger charge is -2.13. The maximum absolute atomic E-state index is 12.4. The Balaban J connectivity index is 1.40. The second-order valence-corrected chi connectivity index (χ2v) is 8.57. The van der Waals surface area contributed by atoms with Crippen LogP contribution in [0.15, 0.2) is 70.1 Å². The molecule has 1 saturated heterocycles. The average molecular weight is 439 g/mol. The molecule has 31 heavy (non-hydrogen) atoms. The predicted molar refractivity (Wildman–Crippen MR) is 119 cm³/mol. The van der Waals surface area contributed by atoms with Crippen LogP contribution in [-0.4, -0.2) is 37.9 Å². The van der Waals surface area contributed by atoms with Crippen molar-refractivity contribution in [2.45, 2.75) is 23.2 Å². The van der Waals surface area contributed by atoms with Crippen LogP contribution in [0.3, 0.4) is 0 Å². The number of hydrogen-bond donors (Lipinski definition) is 1. The number of nitrogens with zero attached hydrogens (tertiary/aromatic N) is 1. The van der Waals surface area contributed by atoms with E-state index in [4.69, 9.17) is 14.0 Å². The fraction of sp³-hybridized carbons (Fsp3) is 0.333. The Labute approximate surface area is 186 Å². The first-order valence-electron chi connectivity index (χ1n) is 10.3. The van der Waals surface area contributed by atoms with Gasteiger partial charge >= 0.3 is 0 Å². The molecular weight excluding hydrogens is 412 g/mol. The minimum Gasteiger partial charge on any atom is -0.381 e. The molecule has 162 valence electrons. The first-order valence-corrected chi connectivity index (χ1v) is 11.3. The standard InChI is InChI=1S/C24H26N2O4S/c1-28-23(19-8-5-9-20(12-19)31-16-17-6-3-2-4-7-17)22-13-21(26-30-22)24(27)25-14-18-10-11-29-15-18/h2-9,12-13,18,23H,10-11,14-16H2,1H3,(H,25,27). The summed E-state index contributed by atoms with van der Waals surface area (Å²) < 4.78 is 16.5. The number of methoxy groups -OCH3 is 1. The molecular formula is C24H26N2O4S. The topological polar surface area (TPSA) is 73.6 Å². The van der Waals surface area contributed by atoms with Crippen molar-refractivity contribution >= 4 is 17.7 Å². The van der Waals surface area contributed by atoms with Crippen LogP contribution in [0.5, 0.6) is 0 Å². The number of carbonyl (C=O) groups excluding carboxylic acids is 1. The minimum absolute atomic E-state index is 0.246. The van der Waals surface area contributed by atoms with E-state index in [1.165, 1.54) is 5.56 Å². The molecule has 1 N–H and O–H groups in total. The molecule has 1 aromatic heterocycles. The molecule has 2 heterocycles. The van der Waals surface area contributed by atoms with Gasteiger partial charge in [0.05, 0.1) is 6.61 Å². The Hall–Kier alpha value is -2.61. The fourth-order valence-electron chi connectivity index (χ4n) is 3.52. The zero-order chi connectivity index (χ0) is 21.5. The smallest absolute Gasteiger partial charge is 0.273 e. The Morgan fingerprint density at radius 3 is 2.87 bits per heavy atom. The number of hydrogen-bond acceptors (Lipinski definition) is 6. The van der Waals surface area contributed by atoms with Gasteiger partial charge in [-0.3, -0.25) is 4.79 Å². The Bertz CT molecular complexity index is 986. The number of carbonyl (C=O) groups is 1. The SMILES string of the molecule is COC(c1cccc(SCc2ccccc2)c1)c1cc(C(=O)NCC2CCOC2)no1. The highest BCUT2D eigenvalue weighted by Gasteiger charge is 2.23. The van der Waals surface area contributed by atoms with Gasteiger partial charge in [0.2, 0.25) is 0 Å². The zero-order valence-electron chi connectivity index (χ0n) is 17.5. The van der Waals surface area contributed by atoms with Gasteiger partial charge in [-0.05, 0) is 29.7 Å². The zero-order valence-corrected chi connectivity index (χ0v) is 18.3. The van der Waals surface area contributed by atoms with Crippen LogP contribution in [0.4, 0.5) is 0 Å². The van der Waals surface area contributed by atoms with Crippen LogP contribution in [0, 0.1) is 5.92 Å². The summed E-state index contributed by atoms with van der Waals surface area (Å²) in [7, 11) is 1.62. The van der Waals surface area contributed by atoms with E-state index in [0.29, 0.717) is 24.8 Å². The summed E-state index contributed by atoms with van der Waals surface area (Å²) >= 11 is 1.76. The van der Waals surface area contributed by atoms with Crippen molar-refractivity contribution in [1.29, 1.82) is 0 Å². The van der Waals surface area contributed by atoms with Crippen LogP contribution in [0.2, 0.25) is 0 Å². The molecule has 0 bridgehead atoms. The van der Waals surface area contributed by atoms with Gasteiger partial charge in [-0.25, -0.2) is 0 Å². The number of nitrogens with one attached hydrogen (secondary N) is 1. The van der Waals surface area contributed by atoms with Crippen LogP contribution < -0.4 is 5.32 Å². The van der Waals surface area contributed by atoms with Crippen molar-refractivity contribution in [2.75, 3.05) is 26.9 Å². The summed E-state index contributed by atoms with van der Waals surface area (Å²) in [6.45, 7) is 2.02. The number of ether oxygens (including phenoxy) is 2. The Morgan fingerprint density at radius 1 is 1.23 bits per heavy atom. The summed E-state index contributed by atoms with van der Waals surface area (Å²) in [6, 6.07) is 20.2. The van der Waals surface area contributed by atoms with E-state index < -0.39 is 6.10 Å². The van der Waals surface area contributed by atoms with E-state index >= 15 is 0 Å². The highest BCUT2D eigenvalue weighted by molar-refractivity contribution is 7.98. The normalized spacial score (nSPS) is 16.9. The average Bonchev–Trinajstić information content (AvgIpc) is 3.50. The van der Waals surface area contributed by atoms with Gasteiger partial charge < -0.3 is 19.3 Å². The molecule has 2 atom stereocenters. The van der Waals surface area contributed by atoms with E-state index in [1.807, 2.05) is 30.3 Å². The third-order valence-corrected chi connectivity index (χ3v) is 6.30. The van der Waals surface area contributed by atoms with Crippen molar-refractivity contribution in [3.05, 3.63) is 83.2 Å². The first-order chi connectivity index (χ1) is 15.2. The van der Waals surface area contributed by atoms with Crippen molar-refractivity contribution in [3.63, 3.8) is 0 Å². The van der Waals surface area contributed by atoms with Crippen LogP contribution in [0.25, 0.3) is 0 Å². The van der Waals surface area contributed by atoms with E-state index in [-0.39, 0.29) is 11.6 Å². The third kappa shape index (κ3) is 5.76. The van der Waals surface area contributed by atoms with Crippen molar-refractivity contribution in [1.82, 2.24) is 10.5 Å². The number of thioether (sulfide) groups is 1. The van der Waals surface area contributed by atoms with Gasteiger partial charge in [-0.15, -0.1) is 11.8 Å².